The number of rotatable bonds is 9. The maximum absolute atomic E-state index is 12.2. The van der Waals surface area contributed by atoms with Gasteiger partial charge in [-0.05, 0) is 36.6 Å². The van der Waals surface area contributed by atoms with Crippen LogP contribution in [0.25, 0.3) is 11.1 Å². The molecule has 0 aliphatic heterocycles. The number of hydrogen-bond acceptors (Lipinski definition) is 7. The SMILES string of the molecule is CC(C)C[C@@H](NC(=O)[C@H](N)CN)C(O)c1nc2cc(Oc3ccccc3)ccc2o1. The predicted octanol–water partition coefficient (Wildman–Crippen LogP) is 2.47. The van der Waals surface area contributed by atoms with E-state index in [1.165, 1.54) is 0 Å². The zero-order valence-corrected chi connectivity index (χ0v) is 17.1. The molecule has 0 saturated carbocycles. The third-order valence-electron chi connectivity index (χ3n) is 4.63. The van der Waals surface area contributed by atoms with Crippen molar-refractivity contribution in [2.45, 2.75) is 38.5 Å². The molecule has 3 aromatic rings. The number of fused-ring (bicyclic) bond motifs is 1. The van der Waals surface area contributed by atoms with Gasteiger partial charge in [0.15, 0.2) is 11.7 Å². The minimum absolute atomic E-state index is 0.0173. The quantitative estimate of drug-likeness (QED) is 0.424. The minimum atomic E-state index is -1.13. The lowest BCUT2D eigenvalue weighted by atomic mass is 9.98. The average molecular weight is 412 g/mol. The van der Waals surface area contributed by atoms with Gasteiger partial charge in [-0.15, -0.1) is 0 Å². The molecule has 1 amide bonds. The Morgan fingerprint density at radius 2 is 1.93 bits per heavy atom. The van der Waals surface area contributed by atoms with Gasteiger partial charge in [-0.3, -0.25) is 4.79 Å². The molecular weight excluding hydrogens is 384 g/mol. The Hall–Kier alpha value is -2.94. The summed E-state index contributed by atoms with van der Waals surface area (Å²) in [6.45, 7) is 4.01. The predicted molar refractivity (Wildman–Crippen MR) is 114 cm³/mol. The van der Waals surface area contributed by atoms with Crippen molar-refractivity contribution in [3.05, 3.63) is 54.4 Å². The van der Waals surface area contributed by atoms with E-state index in [4.69, 9.17) is 20.6 Å². The summed E-state index contributed by atoms with van der Waals surface area (Å²) in [7, 11) is 0. The molecule has 0 aliphatic carbocycles. The topological polar surface area (TPSA) is 137 Å². The maximum Gasteiger partial charge on any atom is 0.238 e. The first-order chi connectivity index (χ1) is 14.4. The fourth-order valence-electron chi connectivity index (χ4n) is 3.08. The van der Waals surface area contributed by atoms with Crippen LogP contribution in [0.15, 0.2) is 52.9 Å². The van der Waals surface area contributed by atoms with Gasteiger partial charge in [-0.2, -0.15) is 0 Å². The number of para-hydroxylation sites is 1. The van der Waals surface area contributed by atoms with E-state index in [0.29, 0.717) is 29.0 Å². The second-order valence-electron chi connectivity index (χ2n) is 7.63. The normalized spacial score (nSPS) is 14.5. The number of amides is 1. The van der Waals surface area contributed by atoms with Crippen LogP contribution in [0.1, 0.15) is 32.3 Å². The first kappa shape index (κ1) is 21.8. The molecule has 8 heteroatoms. The van der Waals surface area contributed by atoms with E-state index >= 15 is 0 Å². The van der Waals surface area contributed by atoms with E-state index < -0.39 is 24.1 Å². The second-order valence-corrected chi connectivity index (χ2v) is 7.63. The number of aromatic nitrogens is 1. The highest BCUT2D eigenvalue weighted by Crippen LogP contribution is 2.29. The van der Waals surface area contributed by atoms with E-state index in [0.717, 1.165) is 0 Å². The van der Waals surface area contributed by atoms with Crippen molar-refractivity contribution < 1.29 is 19.1 Å². The number of aliphatic hydroxyl groups excluding tert-OH is 1. The molecular formula is C22H28N4O4. The van der Waals surface area contributed by atoms with Crippen LogP contribution in [-0.4, -0.2) is 34.6 Å². The number of aliphatic hydroxyl groups is 1. The van der Waals surface area contributed by atoms with Crippen LogP contribution in [-0.2, 0) is 4.79 Å². The van der Waals surface area contributed by atoms with Crippen molar-refractivity contribution >= 4 is 17.0 Å². The second kappa shape index (κ2) is 9.71. The summed E-state index contributed by atoms with van der Waals surface area (Å²) in [5.41, 5.74) is 12.2. The Kier molecular flexibility index (Phi) is 7.04. The molecule has 0 spiro atoms. The van der Waals surface area contributed by atoms with Gasteiger partial charge in [0.2, 0.25) is 11.8 Å². The van der Waals surface area contributed by atoms with E-state index in [1.54, 1.807) is 18.2 Å². The van der Waals surface area contributed by atoms with Gasteiger partial charge in [0.1, 0.15) is 17.0 Å². The summed E-state index contributed by atoms with van der Waals surface area (Å²) in [5, 5.41) is 13.6. The third-order valence-corrected chi connectivity index (χ3v) is 4.63. The Morgan fingerprint density at radius 3 is 2.60 bits per heavy atom. The first-order valence-electron chi connectivity index (χ1n) is 9.95. The van der Waals surface area contributed by atoms with E-state index in [1.807, 2.05) is 44.2 Å². The Bertz CT molecular complexity index is 974. The van der Waals surface area contributed by atoms with Crippen LogP contribution in [0.2, 0.25) is 0 Å². The van der Waals surface area contributed by atoms with Gasteiger partial charge in [-0.25, -0.2) is 4.98 Å². The molecule has 0 radical (unpaired) electrons. The number of benzene rings is 2. The highest BCUT2D eigenvalue weighted by molar-refractivity contribution is 5.82. The largest absolute Gasteiger partial charge is 0.457 e. The molecule has 0 bridgehead atoms. The highest BCUT2D eigenvalue weighted by Gasteiger charge is 2.29. The van der Waals surface area contributed by atoms with Crippen LogP contribution in [0.3, 0.4) is 0 Å². The van der Waals surface area contributed by atoms with E-state index in [9.17, 15) is 9.90 Å². The number of hydrogen-bond donors (Lipinski definition) is 4. The molecule has 0 aliphatic rings. The molecule has 1 heterocycles. The van der Waals surface area contributed by atoms with Gasteiger partial charge in [0, 0.05) is 12.6 Å². The van der Waals surface area contributed by atoms with Gasteiger partial charge in [0.25, 0.3) is 0 Å². The number of carbonyl (C=O) groups excluding carboxylic acids is 1. The summed E-state index contributed by atoms with van der Waals surface area (Å²) >= 11 is 0. The van der Waals surface area contributed by atoms with Gasteiger partial charge in [-0.1, -0.05) is 32.0 Å². The molecule has 1 unspecified atom stereocenters. The molecule has 3 rings (SSSR count). The van der Waals surface area contributed by atoms with Gasteiger partial charge in [0.05, 0.1) is 12.1 Å². The van der Waals surface area contributed by atoms with Crippen LogP contribution in [0.5, 0.6) is 11.5 Å². The molecule has 160 valence electrons. The van der Waals surface area contributed by atoms with Crippen LogP contribution in [0, 0.1) is 5.92 Å². The van der Waals surface area contributed by atoms with Crippen molar-refractivity contribution in [1.82, 2.24) is 10.3 Å². The molecule has 0 fully saturated rings. The lowest BCUT2D eigenvalue weighted by Gasteiger charge is -2.25. The lowest BCUT2D eigenvalue weighted by Crippen LogP contribution is -2.50. The molecule has 30 heavy (non-hydrogen) atoms. The number of oxazole rings is 1. The van der Waals surface area contributed by atoms with Crippen LogP contribution < -0.4 is 21.5 Å². The molecule has 1 aromatic heterocycles. The van der Waals surface area contributed by atoms with E-state index in [2.05, 4.69) is 10.3 Å². The van der Waals surface area contributed by atoms with Gasteiger partial charge < -0.3 is 31.0 Å². The number of ether oxygens (including phenoxy) is 1. The summed E-state index contributed by atoms with van der Waals surface area (Å²) in [6, 6.07) is 13.2. The standard InChI is InChI=1S/C22H28N4O4/c1-13(2)10-18(25-21(28)16(24)12-23)20(27)22-26-17-11-15(8-9-19(17)30-22)29-14-6-4-3-5-7-14/h3-9,11,13,16,18,20,27H,10,12,23-24H2,1-2H3,(H,25,28)/t16-,18-,20?/m1/s1. The number of nitrogens with zero attached hydrogens (tertiary/aromatic N) is 1. The van der Waals surface area contributed by atoms with E-state index in [-0.39, 0.29) is 18.4 Å². The number of nitrogens with two attached hydrogens (primary N) is 2. The number of carbonyl (C=O) groups is 1. The summed E-state index contributed by atoms with van der Waals surface area (Å²) in [6.07, 6.45) is -0.613. The maximum atomic E-state index is 12.2. The zero-order chi connectivity index (χ0) is 21.7. The van der Waals surface area contributed by atoms with Crippen molar-refractivity contribution in [3.8, 4) is 11.5 Å². The van der Waals surface area contributed by atoms with Crippen LogP contribution >= 0.6 is 0 Å². The summed E-state index contributed by atoms with van der Waals surface area (Å²) < 4.78 is 11.6. The third kappa shape index (κ3) is 5.35. The first-order valence-corrected chi connectivity index (χ1v) is 9.95. The van der Waals surface area contributed by atoms with Crippen molar-refractivity contribution in [2.24, 2.45) is 17.4 Å². The fraction of sp³-hybridized carbons (Fsp3) is 0.364. The van der Waals surface area contributed by atoms with Crippen molar-refractivity contribution in [1.29, 1.82) is 0 Å². The Morgan fingerprint density at radius 1 is 1.20 bits per heavy atom. The molecule has 0 saturated heterocycles. The molecule has 2 aromatic carbocycles. The minimum Gasteiger partial charge on any atom is -0.457 e. The summed E-state index contributed by atoms with van der Waals surface area (Å²) in [5.74, 6) is 1.22. The Labute approximate surface area is 175 Å². The fourth-order valence-corrected chi connectivity index (χ4v) is 3.08. The zero-order valence-electron chi connectivity index (χ0n) is 17.1. The Balaban J connectivity index is 1.81. The molecule has 3 atom stereocenters. The van der Waals surface area contributed by atoms with Crippen molar-refractivity contribution in [2.75, 3.05) is 6.54 Å². The number of nitrogens with one attached hydrogen (secondary N) is 1. The highest BCUT2D eigenvalue weighted by atomic mass is 16.5. The lowest BCUT2D eigenvalue weighted by molar-refractivity contribution is -0.124. The molecule has 8 nitrogen and oxygen atoms in total. The van der Waals surface area contributed by atoms with Gasteiger partial charge >= 0.3 is 0 Å². The average Bonchev–Trinajstić information content (AvgIpc) is 3.15. The van der Waals surface area contributed by atoms with Crippen LogP contribution in [0.4, 0.5) is 0 Å². The smallest absolute Gasteiger partial charge is 0.238 e. The van der Waals surface area contributed by atoms with Crippen molar-refractivity contribution in [3.63, 3.8) is 0 Å². The summed E-state index contributed by atoms with van der Waals surface area (Å²) in [4.78, 5) is 16.6. The monoisotopic (exact) mass is 412 g/mol. The molecule has 6 N–H and O–H groups in total.